The topological polar surface area (TPSA) is 67.6 Å². The smallest absolute Gasteiger partial charge is 0.225 e. The van der Waals surface area contributed by atoms with Crippen molar-refractivity contribution in [3.8, 4) is 0 Å². The second-order valence-electron chi connectivity index (χ2n) is 3.34. The summed E-state index contributed by atoms with van der Waals surface area (Å²) in [6, 6.07) is 1.89. The molecule has 0 spiro atoms. The third kappa shape index (κ3) is 1.89. The predicted molar refractivity (Wildman–Crippen MR) is 64.3 cm³/mol. The van der Waals surface area contributed by atoms with E-state index in [0.717, 1.165) is 21.2 Å². The van der Waals surface area contributed by atoms with Crippen LogP contribution in [0.3, 0.4) is 0 Å². The molecule has 3 heterocycles. The molecule has 0 aromatic carbocycles. The van der Waals surface area contributed by atoms with Gasteiger partial charge < -0.3 is 9.40 Å². The van der Waals surface area contributed by atoms with Crippen molar-refractivity contribution in [2.24, 2.45) is 0 Å². The van der Waals surface area contributed by atoms with Gasteiger partial charge in [-0.05, 0) is 24.6 Å². The number of hydrogen-bond acceptors (Lipinski definition) is 5. The Hall–Kier alpha value is -1.53. The monoisotopic (exact) mass is 266 g/mol. The number of nitrogens with zero attached hydrogens (tertiary/aromatic N) is 3. The lowest BCUT2D eigenvalue weighted by atomic mass is 10.5. The van der Waals surface area contributed by atoms with Gasteiger partial charge in [0.1, 0.15) is 16.3 Å². The molecule has 0 radical (unpaired) electrons. The molecular formula is C10H7ClN4OS. The molecule has 0 amide bonds. The van der Waals surface area contributed by atoms with Gasteiger partial charge in [-0.2, -0.15) is 4.98 Å². The fourth-order valence-electron chi connectivity index (χ4n) is 1.44. The Morgan fingerprint density at radius 2 is 2.29 bits per heavy atom. The Kier molecular flexibility index (Phi) is 2.53. The van der Waals surface area contributed by atoms with Crippen LogP contribution in [-0.4, -0.2) is 19.9 Å². The summed E-state index contributed by atoms with van der Waals surface area (Å²) in [6.45, 7) is 1.90. The van der Waals surface area contributed by atoms with Crippen molar-refractivity contribution in [1.82, 2.24) is 19.9 Å². The average Bonchev–Trinajstić information content (AvgIpc) is 2.88. The summed E-state index contributed by atoms with van der Waals surface area (Å²) in [6.07, 6.45) is 3.21. The second-order valence-corrected chi connectivity index (χ2v) is 4.71. The molecule has 0 saturated heterocycles. The van der Waals surface area contributed by atoms with E-state index in [1.165, 1.54) is 11.8 Å². The lowest BCUT2D eigenvalue weighted by molar-refractivity contribution is 0.527. The molecule has 0 atom stereocenters. The minimum atomic E-state index is 0.188. The number of imidazole rings is 1. The summed E-state index contributed by atoms with van der Waals surface area (Å²) in [4.78, 5) is 16.3. The molecule has 17 heavy (non-hydrogen) atoms. The highest BCUT2D eigenvalue weighted by molar-refractivity contribution is 7.99. The first kappa shape index (κ1) is 10.6. The van der Waals surface area contributed by atoms with Crippen molar-refractivity contribution in [2.75, 3.05) is 0 Å². The van der Waals surface area contributed by atoms with E-state index in [9.17, 15) is 0 Å². The van der Waals surface area contributed by atoms with Crippen LogP contribution in [-0.2, 0) is 0 Å². The van der Waals surface area contributed by atoms with E-state index >= 15 is 0 Å². The number of rotatable bonds is 2. The molecule has 0 fully saturated rings. The number of fused-ring (bicyclic) bond motifs is 1. The van der Waals surface area contributed by atoms with Crippen molar-refractivity contribution in [3.05, 3.63) is 29.7 Å². The minimum absolute atomic E-state index is 0.188. The predicted octanol–water partition coefficient (Wildman–Crippen LogP) is 3.06. The fourth-order valence-corrected chi connectivity index (χ4v) is 2.56. The van der Waals surface area contributed by atoms with Crippen LogP contribution in [0.15, 0.2) is 33.0 Å². The van der Waals surface area contributed by atoms with Crippen LogP contribution in [0.2, 0.25) is 5.28 Å². The maximum atomic E-state index is 5.85. The average molecular weight is 267 g/mol. The summed E-state index contributed by atoms with van der Waals surface area (Å²) in [7, 11) is 0. The zero-order chi connectivity index (χ0) is 11.8. The fraction of sp³-hybridized carbons (Fsp3) is 0.100. The van der Waals surface area contributed by atoms with E-state index in [-0.39, 0.29) is 5.28 Å². The van der Waals surface area contributed by atoms with E-state index in [1.807, 2.05) is 13.0 Å². The summed E-state index contributed by atoms with van der Waals surface area (Å²) >= 11 is 7.32. The van der Waals surface area contributed by atoms with Gasteiger partial charge in [-0.25, -0.2) is 9.97 Å². The minimum Gasteiger partial charge on any atom is -0.468 e. The van der Waals surface area contributed by atoms with Crippen LogP contribution in [0, 0.1) is 6.92 Å². The Bertz CT molecular complexity index is 678. The lowest BCUT2D eigenvalue weighted by Gasteiger charge is -2.00. The van der Waals surface area contributed by atoms with Crippen molar-refractivity contribution in [1.29, 1.82) is 0 Å². The molecule has 86 valence electrons. The number of H-pyrrole nitrogens is 1. The molecule has 1 N–H and O–H groups in total. The molecule has 5 nitrogen and oxygen atoms in total. The molecule has 3 aromatic heterocycles. The number of aromatic amines is 1. The highest BCUT2D eigenvalue weighted by Crippen LogP contribution is 2.33. The van der Waals surface area contributed by atoms with Gasteiger partial charge >= 0.3 is 0 Å². The molecular weight excluding hydrogens is 260 g/mol. The molecule has 0 aliphatic rings. The highest BCUT2D eigenvalue weighted by Gasteiger charge is 2.12. The van der Waals surface area contributed by atoms with Crippen molar-refractivity contribution < 1.29 is 4.42 Å². The molecule has 0 saturated carbocycles. The van der Waals surface area contributed by atoms with Crippen LogP contribution in [0.25, 0.3) is 11.2 Å². The van der Waals surface area contributed by atoms with Gasteiger partial charge in [-0.3, -0.25) is 0 Å². The first-order chi connectivity index (χ1) is 8.24. The normalized spacial score (nSPS) is 11.2. The molecule has 0 unspecified atom stereocenters. The third-order valence-electron chi connectivity index (χ3n) is 2.24. The van der Waals surface area contributed by atoms with Crippen LogP contribution >= 0.6 is 23.4 Å². The number of hydrogen-bond donors (Lipinski definition) is 1. The molecule has 0 aliphatic heterocycles. The maximum Gasteiger partial charge on any atom is 0.225 e. The summed E-state index contributed by atoms with van der Waals surface area (Å²) in [5.74, 6) is 0.845. The Labute approximate surface area is 106 Å². The summed E-state index contributed by atoms with van der Waals surface area (Å²) in [5, 5.41) is 0.926. The Morgan fingerprint density at radius 3 is 3.06 bits per heavy atom. The van der Waals surface area contributed by atoms with Gasteiger partial charge in [-0.1, -0.05) is 11.8 Å². The highest BCUT2D eigenvalue weighted by atomic mass is 35.5. The lowest BCUT2D eigenvalue weighted by Crippen LogP contribution is -1.88. The van der Waals surface area contributed by atoms with Gasteiger partial charge in [0, 0.05) is 0 Å². The van der Waals surface area contributed by atoms with E-state index in [4.69, 9.17) is 16.0 Å². The number of furan rings is 1. The van der Waals surface area contributed by atoms with Gasteiger partial charge in [0.2, 0.25) is 5.28 Å². The molecule has 7 heteroatoms. The summed E-state index contributed by atoms with van der Waals surface area (Å²) < 4.78 is 5.24. The largest absolute Gasteiger partial charge is 0.468 e. The SMILES string of the molecule is Cc1occc1Sc1nc(Cl)nc2nc[nH]c12. The maximum absolute atomic E-state index is 5.85. The van der Waals surface area contributed by atoms with Gasteiger partial charge in [0.15, 0.2) is 5.65 Å². The van der Waals surface area contributed by atoms with Gasteiger partial charge in [-0.15, -0.1) is 0 Å². The number of aromatic nitrogens is 4. The van der Waals surface area contributed by atoms with Gasteiger partial charge in [0.05, 0.1) is 17.5 Å². The zero-order valence-corrected chi connectivity index (χ0v) is 10.3. The zero-order valence-electron chi connectivity index (χ0n) is 8.77. The second kappa shape index (κ2) is 4.05. The summed E-state index contributed by atoms with van der Waals surface area (Å²) in [5.41, 5.74) is 1.34. The third-order valence-corrected chi connectivity index (χ3v) is 3.54. The number of aryl methyl sites for hydroxylation is 1. The van der Waals surface area contributed by atoms with Crippen molar-refractivity contribution >= 4 is 34.5 Å². The molecule has 3 aromatic rings. The van der Waals surface area contributed by atoms with Crippen LogP contribution in [0.4, 0.5) is 0 Å². The molecule has 3 rings (SSSR count). The quantitative estimate of drug-likeness (QED) is 0.570. The molecule has 0 bridgehead atoms. The van der Waals surface area contributed by atoms with Crippen LogP contribution in [0.1, 0.15) is 5.76 Å². The first-order valence-electron chi connectivity index (χ1n) is 4.82. The van der Waals surface area contributed by atoms with Crippen LogP contribution in [0.5, 0.6) is 0 Å². The van der Waals surface area contributed by atoms with Crippen LogP contribution < -0.4 is 0 Å². The standard InChI is InChI=1S/C10H7ClN4OS/c1-5-6(2-3-16-5)17-9-7-8(13-4-12-7)14-10(11)15-9/h2-4H,1H3,(H,12,13,14,15). The molecule has 0 aliphatic carbocycles. The van der Waals surface area contributed by atoms with E-state index in [0.29, 0.717) is 5.65 Å². The van der Waals surface area contributed by atoms with Crippen molar-refractivity contribution in [2.45, 2.75) is 16.8 Å². The Morgan fingerprint density at radius 1 is 1.41 bits per heavy atom. The first-order valence-corrected chi connectivity index (χ1v) is 6.02. The number of halogens is 1. The van der Waals surface area contributed by atoms with E-state index in [1.54, 1.807) is 12.6 Å². The van der Waals surface area contributed by atoms with E-state index in [2.05, 4.69) is 19.9 Å². The Balaban J connectivity index is 2.11. The van der Waals surface area contributed by atoms with Gasteiger partial charge in [0.25, 0.3) is 0 Å². The van der Waals surface area contributed by atoms with E-state index < -0.39 is 0 Å². The van der Waals surface area contributed by atoms with Crippen molar-refractivity contribution in [3.63, 3.8) is 0 Å². The number of nitrogens with one attached hydrogen (secondary N) is 1.